The molecule has 0 atom stereocenters. The molecule has 0 unspecified atom stereocenters. The number of hydrogen-bond acceptors (Lipinski definition) is 3. The lowest BCUT2D eigenvalue weighted by molar-refractivity contribution is -0.122. The first-order chi connectivity index (χ1) is 12.8. The Morgan fingerprint density at radius 3 is 2.04 bits per heavy atom. The maximum absolute atomic E-state index is 12.6. The molecule has 1 aromatic rings. The highest BCUT2D eigenvalue weighted by atomic mass is 16.1. The van der Waals surface area contributed by atoms with Gasteiger partial charge in [0.2, 0.25) is 0 Å². The average Bonchev–Trinajstić information content (AvgIpc) is 2.66. The van der Waals surface area contributed by atoms with Gasteiger partial charge in [-0.3, -0.25) is 4.79 Å². The number of nitrogens with zero attached hydrogens (tertiary/aromatic N) is 2. The molecule has 1 rings (SSSR count). The van der Waals surface area contributed by atoms with Crippen LogP contribution in [0.5, 0.6) is 0 Å². The Morgan fingerprint density at radius 1 is 1.00 bits per heavy atom. The Morgan fingerprint density at radius 2 is 1.59 bits per heavy atom. The van der Waals surface area contributed by atoms with Crippen LogP contribution in [0.4, 0.5) is 5.69 Å². The SMILES string of the molecule is CC=C(C=CC(N=Nc1ccc(CC)cc1)=C(CC)CC)C(=O)C(C)(C)C. The molecule has 3 nitrogen and oxygen atoms in total. The molecular formula is C24H34N2O. The maximum Gasteiger partial charge on any atom is 0.167 e. The molecule has 0 aliphatic heterocycles. The van der Waals surface area contributed by atoms with Gasteiger partial charge in [0.1, 0.15) is 0 Å². The van der Waals surface area contributed by atoms with Crippen LogP contribution in [0.1, 0.15) is 66.9 Å². The van der Waals surface area contributed by atoms with E-state index >= 15 is 0 Å². The van der Waals surface area contributed by atoms with Gasteiger partial charge in [0, 0.05) is 11.0 Å². The third-order valence-corrected chi connectivity index (χ3v) is 4.51. The Hall–Kier alpha value is -2.29. The van der Waals surface area contributed by atoms with Crippen LogP contribution in [0.25, 0.3) is 0 Å². The first kappa shape index (κ1) is 22.8. The second-order valence-electron chi connectivity index (χ2n) is 7.57. The number of benzene rings is 1. The van der Waals surface area contributed by atoms with Crippen molar-refractivity contribution in [3.63, 3.8) is 0 Å². The van der Waals surface area contributed by atoms with Gasteiger partial charge in [0.15, 0.2) is 5.78 Å². The number of carbonyl (C=O) groups excluding carboxylic acids is 1. The second kappa shape index (κ2) is 10.8. The molecule has 146 valence electrons. The smallest absolute Gasteiger partial charge is 0.167 e. The molecule has 3 heteroatoms. The van der Waals surface area contributed by atoms with Gasteiger partial charge in [-0.1, -0.05) is 59.8 Å². The van der Waals surface area contributed by atoms with Crippen LogP contribution >= 0.6 is 0 Å². The summed E-state index contributed by atoms with van der Waals surface area (Å²) in [6.07, 6.45) is 8.47. The average molecular weight is 367 g/mol. The molecule has 0 heterocycles. The summed E-state index contributed by atoms with van der Waals surface area (Å²) >= 11 is 0. The number of carbonyl (C=O) groups is 1. The summed E-state index contributed by atoms with van der Waals surface area (Å²) < 4.78 is 0. The molecule has 0 aromatic heterocycles. The Kier molecular flexibility index (Phi) is 9.07. The van der Waals surface area contributed by atoms with Gasteiger partial charge in [-0.05, 0) is 61.6 Å². The Labute approximate surface area is 165 Å². The van der Waals surface area contributed by atoms with E-state index in [1.54, 1.807) is 0 Å². The van der Waals surface area contributed by atoms with Crippen molar-refractivity contribution in [1.29, 1.82) is 0 Å². The number of azo groups is 1. The van der Waals surface area contributed by atoms with Crippen LogP contribution in [0.3, 0.4) is 0 Å². The molecule has 1 aromatic carbocycles. The molecule has 0 bridgehead atoms. The van der Waals surface area contributed by atoms with E-state index in [9.17, 15) is 4.79 Å². The van der Waals surface area contributed by atoms with Crippen molar-refractivity contribution in [3.8, 4) is 0 Å². The second-order valence-corrected chi connectivity index (χ2v) is 7.57. The van der Waals surface area contributed by atoms with E-state index < -0.39 is 5.41 Å². The van der Waals surface area contributed by atoms with Crippen molar-refractivity contribution in [2.45, 2.75) is 67.7 Å². The number of rotatable bonds is 8. The van der Waals surface area contributed by atoms with Crippen molar-refractivity contribution in [2.75, 3.05) is 0 Å². The first-order valence-electron chi connectivity index (χ1n) is 9.88. The van der Waals surface area contributed by atoms with Crippen LogP contribution in [0, 0.1) is 5.41 Å². The first-order valence-corrected chi connectivity index (χ1v) is 9.88. The molecule has 0 fully saturated rings. The van der Waals surface area contributed by atoms with Gasteiger partial charge in [0.05, 0.1) is 11.4 Å². The van der Waals surface area contributed by atoms with E-state index in [4.69, 9.17) is 0 Å². The highest BCUT2D eigenvalue weighted by molar-refractivity contribution is 6.01. The zero-order valence-electron chi connectivity index (χ0n) is 18.0. The minimum Gasteiger partial charge on any atom is -0.294 e. The fraction of sp³-hybridized carbons (Fsp3) is 0.458. The summed E-state index contributed by atoms with van der Waals surface area (Å²) in [6.45, 7) is 14.1. The minimum absolute atomic E-state index is 0.127. The number of hydrogen-bond donors (Lipinski definition) is 0. The van der Waals surface area contributed by atoms with E-state index in [0.29, 0.717) is 5.57 Å². The van der Waals surface area contributed by atoms with E-state index in [1.807, 2.05) is 58.1 Å². The number of Topliss-reactive ketones (excluding diaryl/α,β-unsaturated/α-hetero) is 1. The van der Waals surface area contributed by atoms with Crippen molar-refractivity contribution < 1.29 is 4.79 Å². The van der Waals surface area contributed by atoms with Gasteiger partial charge in [-0.25, -0.2) is 0 Å². The highest BCUT2D eigenvalue weighted by Gasteiger charge is 2.23. The lowest BCUT2D eigenvalue weighted by Gasteiger charge is -2.17. The molecule has 27 heavy (non-hydrogen) atoms. The molecule has 0 aliphatic carbocycles. The van der Waals surface area contributed by atoms with E-state index in [-0.39, 0.29) is 5.78 Å². The molecule has 0 saturated heterocycles. The third kappa shape index (κ3) is 7.09. The normalized spacial score (nSPS) is 12.8. The molecule has 0 N–H and O–H groups in total. The van der Waals surface area contributed by atoms with Gasteiger partial charge >= 0.3 is 0 Å². The predicted octanol–water partition coefficient (Wildman–Crippen LogP) is 7.52. The summed E-state index contributed by atoms with van der Waals surface area (Å²) in [5.74, 6) is 0.127. The van der Waals surface area contributed by atoms with Gasteiger partial charge in [-0.2, -0.15) is 10.2 Å². The standard InChI is InChI=1S/C24H34N2O/c1-8-18-12-15-21(16-13-18)25-26-22(19(9-2)10-3)17-14-20(11-4)23(27)24(5,6)7/h11-17H,8-10H2,1-7H3. The Balaban J connectivity index is 3.17. The molecule has 0 radical (unpaired) electrons. The predicted molar refractivity (Wildman–Crippen MR) is 115 cm³/mol. The summed E-state index contributed by atoms with van der Waals surface area (Å²) in [7, 11) is 0. The van der Waals surface area contributed by atoms with E-state index in [0.717, 1.165) is 30.6 Å². The maximum atomic E-state index is 12.6. The zero-order valence-corrected chi connectivity index (χ0v) is 18.0. The van der Waals surface area contributed by atoms with Gasteiger partial charge in [0.25, 0.3) is 0 Å². The molecule has 0 amide bonds. The van der Waals surface area contributed by atoms with E-state index in [1.165, 1.54) is 11.1 Å². The van der Waals surface area contributed by atoms with Crippen LogP contribution in [-0.2, 0) is 11.2 Å². The highest BCUT2D eigenvalue weighted by Crippen LogP contribution is 2.23. The minimum atomic E-state index is -0.406. The molecule has 0 saturated carbocycles. The number of ketones is 1. The third-order valence-electron chi connectivity index (χ3n) is 4.51. The summed E-state index contributed by atoms with van der Waals surface area (Å²) in [5.41, 5.74) is 4.47. The van der Waals surface area contributed by atoms with Crippen molar-refractivity contribution >= 4 is 11.5 Å². The van der Waals surface area contributed by atoms with Crippen LogP contribution in [0.2, 0.25) is 0 Å². The number of allylic oxidation sites excluding steroid dienone is 5. The quantitative estimate of drug-likeness (QED) is 0.266. The van der Waals surface area contributed by atoms with Crippen LogP contribution < -0.4 is 0 Å². The number of aryl methyl sites for hydroxylation is 1. The fourth-order valence-electron chi connectivity index (χ4n) is 2.65. The van der Waals surface area contributed by atoms with Crippen LogP contribution in [-0.4, -0.2) is 5.78 Å². The Bertz CT molecular complexity index is 736. The monoisotopic (exact) mass is 366 g/mol. The largest absolute Gasteiger partial charge is 0.294 e. The topological polar surface area (TPSA) is 41.8 Å². The van der Waals surface area contributed by atoms with Crippen molar-refractivity contribution in [2.24, 2.45) is 15.6 Å². The van der Waals surface area contributed by atoms with Crippen LogP contribution in [0.15, 0.2) is 69.6 Å². The lowest BCUT2D eigenvalue weighted by atomic mass is 9.86. The molecular weight excluding hydrogens is 332 g/mol. The molecule has 0 spiro atoms. The fourth-order valence-corrected chi connectivity index (χ4v) is 2.65. The lowest BCUT2D eigenvalue weighted by Crippen LogP contribution is -2.21. The summed E-state index contributed by atoms with van der Waals surface area (Å²) in [6, 6.07) is 8.13. The van der Waals surface area contributed by atoms with E-state index in [2.05, 4.69) is 43.1 Å². The van der Waals surface area contributed by atoms with Gasteiger partial charge in [-0.15, -0.1) is 0 Å². The van der Waals surface area contributed by atoms with Crippen molar-refractivity contribution in [1.82, 2.24) is 0 Å². The van der Waals surface area contributed by atoms with Gasteiger partial charge < -0.3 is 0 Å². The summed E-state index contributed by atoms with van der Waals surface area (Å²) in [5, 5.41) is 8.91. The zero-order chi connectivity index (χ0) is 20.4. The molecule has 0 aliphatic rings. The summed E-state index contributed by atoms with van der Waals surface area (Å²) in [4.78, 5) is 12.6. The van der Waals surface area contributed by atoms with Crippen molar-refractivity contribution in [3.05, 3.63) is 64.9 Å².